The molecule has 0 atom stereocenters. The number of hydrogen-bond donors (Lipinski definition) is 1. The van der Waals surface area contributed by atoms with Crippen molar-refractivity contribution < 1.29 is 4.42 Å². The Hall–Kier alpha value is -2.59. The monoisotopic (exact) mass is 318 g/mol. The SMILES string of the molecule is O=c1[nH]c2c3cccc(CN4CCCC4)c3oc2c2ccccc12. The Kier molecular flexibility index (Phi) is 3.00. The van der Waals surface area contributed by atoms with Crippen molar-refractivity contribution in [2.45, 2.75) is 19.4 Å². The maximum atomic E-state index is 12.4. The third-order valence-corrected chi connectivity index (χ3v) is 5.04. The first-order chi connectivity index (χ1) is 11.8. The van der Waals surface area contributed by atoms with Crippen LogP contribution in [0.5, 0.6) is 0 Å². The minimum atomic E-state index is -0.0641. The summed E-state index contributed by atoms with van der Waals surface area (Å²) in [6.45, 7) is 3.20. The summed E-state index contributed by atoms with van der Waals surface area (Å²) in [6, 6.07) is 13.8. The Morgan fingerprint density at radius 1 is 0.917 bits per heavy atom. The molecule has 1 N–H and O–H groups in total. The number of fused-ring (bicyclic) bond motifs is 5. The van der Waals surface area contributed by atoms with Crippen molar-refractivity contribution in [1.29, 1.82) is 0 Å². The zero-order valence-electron chi connectivity index (χ0n) is 13.3. The number of nitrogens with zero attached hydrogens (tertiary/aromatic N) is 1. The highest BCUT2D eigenvalue weighted by atomic mass is 16.3. The molecule has 1 saturated heterocycles. The van der Waals surface area contributed by atoms with E-state index in [0.29, 0.717) is 5.39 Å². The van der Waals surface area contributed by atoms with Crippen molar-refractivity contribution in [3.05, 3.63) is 58.4 Å². The van der Waals surface area contributed by atoms with Gasteiger partial charge in [0.05, 0.1) is 10.9 Å². The van der Waals surface area contributed by atoms with E-state index in [1.807, 2.05) is 30.3 Å². The lowest BCUT2D eigenvalue weighted by Crippen LogP contribution is -2.18. The molecule has 4 nitrogen and oxygen atoms in total. The number of para-hydroxylation sites is 1. The zero-order valence-corrected chi connectivity index (χ0v) is 13.3. The molecule has 120 valence electrons. The van der Waals surface area contributed by atoms with Gasteiger partial charge >= 0.3 is 0 Å². The van der Waals surface area contributed by atoms with Crippen molar-refractivity contribution >= 4 is 32.8 Å². The molecule has 4 heteroatoms. The van der Waals surface area contributed by atoms with Gasteiger partial charge in [0.25, 0.3) is 5.56 Å². The van der Waals surface area contributed by atoms with E-state index in [4.69, 9.17) is 4.42 Å². The van der Waals surface area contributed by atoms with E-state index in [2.05, 4.69) is 22.0 Å². The van der Waals surface area contributed by atoms with E-state index in [1.54, 1.807) is 0 Å². The Balaban J connectivity index is 1.80. The standard InChI is InChI=1S/C20H18N2O2/c23-20-15-8-2-1-7-14(15)19-17(21-20)16-9-5-6-13(18(16)24-19)12-22-10-3-4-11-22/h1-2,5-9H,3-4,10-12H2,(H,21,23). The minimum Gasteiger partial charge on any atom is -0.453 e. The predicted molar refractivity (Wildman–Crippen MR) is 96.4 cm³/mol. The van der Waals surface area contributed by atoms with Gasteiger partial charge in [-0.25, -0.2) is 0 Å². The van der Waals surface area contributed by atoms with Crippen LogP contribution in [0.15, 0.2) is 51.7 Å². The fourth-order valence-electron chi connectivity index (χ4n) is 3.86. The van der Waals surface area contributed by atoms with Crippen LogP contribution in [-0.2, 0) is 6.54 Å². The number of hydrogen-bond acceptors (Lipinski definition) is 3. The smallest absolute Gasteiger partial charge is 0.256 e. The van der Waals surface area contributed by atoms with Crippen LogP contribution in [0.4, 0.5) is 0 Å². The van der Waals surface area contributed by atoms with Crippen molar-refractivity contribution in [1.82, 2.24) is 9.88 Å². The maximum absolute atomic E-state index is 12.4. The Morgan fingerprint density at radius 3 is 2.50 bits per heavy atom. The molecule has 0 saturated carbocycles. The lowest BCUT2D eigenvalue weighted by Gasteiger charge is -2.14. The number of furan rings is 1. The number of aromatic nitrogens is 1. The summed E-state index contributed by atoms with van der Waals surface area (Å²) < 4.78 is 6.27. The summed E-state index contributed by atoms with van der Waals surface area (Å²) in [6.07, 6.45) is 2.54. The molecular formula is C20H18N2O2. The molecule has 1 fully saturated rings. The number of aromatic amines is 1. The largest absolute Gasteiger partial charge is 0.453 e. The summed E-state index contributed by atoms with van der Waals surface area (Å²) in [5.41, 5.74) is 3.60. The van der Waals surface area contributed by atoms with Crippen LogP contribution in [-0.4, -0.2) is 23.0 Å². The van der Waals surface area contributed by atoms with Crippen LogP contribution in [0.25, 0.3) is 32.8 Å². The van der Waals surface area contributed by atoms with Crippen LogP contribution < -0.4 is 5.56 Å². The van der Waals surface area contributed by atoms with Gasteiger partial charge in [0.15, 0.2) is 5.58 Å². The number of H-pyrrole nitrogens is 1. The van der Waals surface area contributed by atoms with Gasteiger partial charge in [0.2, 0.25) is 0 Å². The Morgan fingerprint density at radius 2 is 1.67 bits per heavy atom. The first kappa shape index (κ1) is 13.8. The quantitative estimate of drug-likeness (QED) is 0.607. The van der Waals surface area contributed by atoms with Gasteiger partial charge in [-0.1, -0.05) is 30.3 Å². The highest BCUT2D eigenvalue weighted by Gasteiger charge is 2.18. The van der Waals surface area contributed by atoms with Gasteiger partial charge in [-0.3, -0.25) is 9.69 Å². The molecule has 24 heavy (non-hydrogen) atoms. The van der Waals surface area contributed by atoms with Crippen LogP contribution in [0.3, 0.4) is 0 Å². The summed E-state index contributed by atoms with van der Waals surface area (Å²) in [4.78, 5) is 17.9. The van der Waals surface area contributed by atoms with Gasteiger partial charge in [0.1, 0.15) is 5.58 Å². The first-order valence-electron chi connectivity index (χ1n) is 8.49. The second-order valence-corrected chi connectivity index (χ2v) is 6.58. The molecular weight excluding hydrogens is 300 g/mol. The van der Waals surface area contributed by atoms with Crippen LogP contribution in [0.2, 0.25) is 0 Å². The lowest BCUT2D eigenvalue weighted by molar-refractivity contribution is 0.331. The van der Waals surface area contributed by atoms with E-state index in [1.165, 1.54) is 18.4 Å². The number of likely N-dealkylation sites (tertiary alicyclic amines) is 1. The second-order valence-electron chi connectivity index (χ2n) is 6.58. The molecule has 0 radical (unpaired) electrons. The topological polar surface area (TPSA) is 49.2 Å². The summed E-state index contributed by atoms with van der Waals surface area (Å²) in [5.74, 6) is 0. The molecule has 3 heterocycles. The molecule has 4 aromatic rings. The van der Waals surface area contributed by atoms with Crippen molar-refractivity contribution in [3.63, 3.8) is 0 Å². The molecule has 2 aromatic heterocycles. The molecule has 5 rings (SSSR count). The fourth-order valence-corrected chi connectivity index (χ4v) is 3.86. The average Bonchev–Trinajstić information content (AvgIpc) is 3.24. The number of benzene rings is 2. The number of rotatable bonds is 2. The second kappa shape index (κ2) is 5.21. The van der Waals surface area contributed by atoms with E-state index in [0.717, 1.165) is 47.1 Å². The van der Waals surface area contributed by atoms with Gasteiger partial charge in [0, 0.05) is 22.9 Å². The minimum absolute atomic E-state index is 0.0641. The Labute approximate surface area is 138 Å². The van der Waals surface area contributed by atoms with Crippen LogP contribution in [0, 0.1) is 0 Å². The van der Waals surface area contributed by atoms with E-state index >= 15 is 0 Å². The molecule has 0 aliphatic carbocycles. The predicted octanol–water partition coefficient (Wildman–Crippen LogP) is 4.02. The molecule has 0 spiro atoms. The third-order valence-electron chi connectivity index (χ3n) is 5.04. The maximum Gasteiger partial charge on any atom is 0.256 e. The van der Waals surface area contributed by atoms with E-state index in [9.17, 15) is 4.79 Å². The van der Waals surface area contributed by atoms with Gasteiger partial charge < -0.3 is 9.40 Å². The number of pyridine rings is 1. The van der Waals surface area contributed by atoms with Gasteiger partial charge in [-0.05, 0) is 38.1 Å². The van der Waals surface area contributed by atoms with E-state index in [-0.39, 0.29) is 5.56 Å². The van der Waals surface area contributed by atoms with Crippen molar-refractivity contribution in [3.8, 4) is 0 Å². The Bertz CT molecular complexity index is 1120. The zero-order chi connectivity index (χ0) is 16.1. The molecule has 0 unspecified atom stereocenters. The number of nitrogens with one attached hydrogen (secondary N) is 1. The average molecular weight is 318 g/mol. The molecule has 1 aliphatic heterocycles. The first-order valence-corrected chi connectivity index (χ1v) is 8.49. The normalized spacial score (nSPS) is 15.8. The van der Waals surface area contributed by atoms with Crippen molar-refractivity contribution in [2.24, 2.45) is 0 Å². The van der Waals surface area contributed by atoms with Crippen LogP contribution in [0.1, 0.15) is 18.4 Å². The van der Waals surface area contributed by atoms with Crippen LogP contribution >= 0.6 is 0 Å². The molecule has 1 aliphatic rings. The third kappa shape index (κ3) is 2.00. The van der Waals surface area contributed by atoms with Gasteiger partial charge in [-0.15, -0.1) is 0 Å². The summed E-state index contributed by atoms with van der Waals surface area (Å²) in [7, 11) is 0. The highest BCUT2D eigenvalue weighted by Crippen LogP contribution is 2.33. The molecule has 0 bridgehead atoms. The molecule has 0 amide bonds. The summed E-state index contributed by atoms with van der Waals surface area (Å²) in [5, 5.41) is 2.54. The molecule has 2 aromatic carbocycles. The van der Waals surface area contributed by atoms with Gasteiger partial charge in [-0.2, -0.15) is 0 Å². The van der Waals surface area contributed by atoms with E-state index < -0.39 is 0 Å². The lowest BCUT2D eigenvalue weighted by atomic mass is 10.1. The highest BCUT2D eigenvalue weighted by molar-refractivity contribution is 6.12. The van der Waals surface area contributed by atoms with Crippen molar-refractivity contribution in [2.75, 3.05) is 13.1 Å². The fraction of sp³-hybridized carbons (Fsp3) is 0.250. The summed E-state index contributed by atoms with van der Waals surface area (Å²) >= 11 is 0.